The average Bonchev–Trinajstić information content (AvgIpc) is 3.89. The number of benzene rings is 3. The molecule has 1 N–H and O–H groups in total. The van der Waals surface area contributed by atoms with Crippen molar-refractivity contribution in [3.8, 4) is 17.2 Å². The second-order valence-corrected chi connectivity index (χ2v) is 12.6. The molecule has 3 aromatic carbocycles. The van der Waals surface area contributed by atoms with Crippen molar-refractivity contribution in [2.75, 3.05) is 33.4 Å². The molecule has 3 aliphatic rings. The number of rotatable bonds is 11. The highest BCUT2D eigenvalue weighted by Gasteiger charge is 2.43. The van der Waals surface area contributed by atoms with E-state index in [4.69, 9.17) is 14.2 Å². The number of amides is 2. The number of halogens is 2. The first-order valence-electron chi connectivity index (χ1n) is 15.3. The molecule has 2 fully saturated rings. The molecule has 45 heavy (non-hydrogen) atoms. The van der Waals surface area contributed by atoms with Gasteiger partial charge in [-0.25, -0.2) is 4.39 Å². The van der Waals surface area contributed by atoms with Gasteiger partial charge in [0.2, 0.25) is 5.91 Å². The monoisotopic (exact) mass is 677 g/mol. The summed E-state index contributed by atoms with van der Waals surface area (Å²) in [5, 5.41) is 3.65. The molecule has 2 amide bonds. The molecular weight excluding hydrogens is 641 g/mol. The van der Waals surface area contributed by atoms with Gasteiger partial charge in [0.05, 0.1) is 17.6 Å². The Kier molecular flexibility index (Phi) is 9.42. The predicted molar refractivity (Wildman–Crippen MR) is 173 cm³/mol. The van der Waals surface area contributed by atoms with Crippen molar-refractivity contribution in [1.29, 1.82) is 0 Å². The van der Waals surface area contributed by atoms with Crippen molar-refractivity contribution in [1.82, 2.24) is 15.1 Å². The molecule has 3 aromatic rings. The van der Waals surface area contributed by atoms with Crippen LogP contribution in [0.25, 0.3) is 5.57 Å². The van der Waals surface area contributed by atoms with E-state index in [0.29, 0.717) is 42.0 Å². The highest BCUT2D eigenvalue weighted by molar-refractivity contribution is 9.10. The van der Waals surface area contributed by atoms with Gasteiger partial charge < -0.3 is 29.3 Å². The number of carbonyl (C=O) groups excluding carboxylic acids is 2. The van der Waals surface area contributed by atoms with Gasteiger partial charge in [0.25, 0.3) is 5.91 Å². The lowest BCUT2D eigenvalue weighted by Crippen LogP contribution is -2.61. The SMILES string of the molecule is COc1cccc(CN(C(=O)C2=C(c3ccc(OCCOc4cc(F)ccc4Br)cc3)CC3CN(C(C)=O)CC2N3)C2CC2)c1. The summed E-state index contributed by atoms with van der Waals surface area (Å²) in [5.41, 5.74) is 3.73. The number of hydrogen-bond acceptors (Lipinski definition) is 6. The fourth-order valence-electron chi connectivity index (χ4n) is 6.15. The molecule has 0 spiro atoms. The van der Waals surface area contributed by atoms with E-state index in [-0.39, 0.29) is 49.0 Å². The molecule has 10 heteroatoms. The number of methoxy groups -OCH3 is 1. The summed E-state index contributed by atoms with van der Waals surface area (Å²) in [5.74, 6) is 1.52. The van der Waals surface area contributed by atoms with Gasteiger partial charge >= 0.3 is 0 Å². The van der Waals surface area contributed by atoms with Gasteiger partial charge in [-0.1, -0.05) is 24.3 Å². The van der Waals surface area contributed by atoms with E-state index in [1.165, 1.54) is 12.1 Å². The van der Waals surface area contributed by atoms with Crippen LogP contribution >= 0.6 is 15.9 Å². The van der Waals surface area contributed by atoms with E-state index in [9.17, 15) is 14.0 Å². The first-order chi connectivity index (χ1) is 21.8. The summed E-state index contributed by atoms with van der Waals surface area (Å²) in [4.78, 5) is 30.8. The zero-order valence-electron chi connectivity index (χ0n) is 25.4. The number of hydrogen-bond donors (Lipinski definition) is 1. The zero-order chi connectivity index (χ0) is 31.5. The summed E-state index contributed by atoms with van der Waals surface area (Å²) >= 11 is 3.37. The number of nitrogens with zero attached hydrogens (tertiary/aromatic N) is 2. The van der Waals surface area contributed by atoms with Crippen LogP contribution in [-0.2, 0) is 16.1 Å². The van der Waals surface area contributed by atoms with Gasteiger partial charge in [-0.05, 0) is 88.3 Å². The lowest BCUT2D eigenvalue weighted by Gasteiger charge is -2.44. The molecule has 2 aliphatic heterocycles. The Labute approximate surface area is 271 Å². The van der Waals surface area contributed by atoms with E-state index in [0.717, 1.165) is 40.9 Å². The second-order valence-electron chi connectivity index (χ2n) is 11.7. The van der Waals surface area contributed by atoms with Crippen LogP contribution in [0, 0.1) is 5.82 Å². The Balaban J connectivity index is 1.23. The molecule has 2 unspecified atom stereocenters. The third-order valence-corrected chi connectivity index (χ3v) is 9.18. The van der Waals surface area contributed by atoms with Crippen molar-refractivity contribution >= 4 is 33.3 Å². The molecular formula is C35H37BrFN3O5. The van der Waals surface area contributed by atoms with Crippen LogP contribution in [-0.4, -0.2) is 73.2 Å². The van der Waals surface area contributed by atoms with Crippen LogP contribution in [0.5, 0.6) is 17.2 Å². The fourth-order valence-corrected chi connectivity index (χ4v) is 6.51. The lowest BCUT2D eigenvalue weighted by molar-refractivity contribution is -0.132. The molecule has 1 aliphatic carbocycles. The fraction of sp³-hybridized carbons (Fsp3) is 0.371. The highest BCUT2D eigenvalue weighted by Crippen LogP contribution is 2.38. The molecule has 1 saturated carbocycles. The molecule has 0 radical (unpaired) electrons. The second kappa shape index (κ2) is 13.6. The quantitative estimate of drug-likeness (QED) is 0.267. The Bertz CT molecular complexity index is 1590. The van der Waals surface area contributed by atoms with E-state index in [1.807, 2.05) is 58.3 Å². The summed E-state index contributed by atoms with van der Waals surface area (Å²) < 4.78 is 31.2. The Morgan fingerprint density at radius 1 is 1.00 bits per heavy atom. The zero-order valence-corrected chi connectivity index (χ0v) is 27.0. The van der Waals surface area contributed by atoms with Crippen LogP contribution in [0.3, 0.4) is 0 Å². The van der Waals surface area contributed by atoms with Gasteiger partial charge in [-0.15, -0.1) is 0 Å². The van der Waals surface area contributed by atoms with Crippen molar-refractivity contribution in [3.05, 3.63) is 93.7 Å². The minimum atomic E-state index is -0.367. The smallest absolute Gasteiger partial charge is 0.252 e. The Morgan fingerprint density at radius 2 is 1.78 bits per heavy atom. The average molecular weight is 679 g/mol. The van der Waals surface area contributed by atoms with Crippen molar-refractivity contribution in [3.63, 3.8) is 0 Å². The molecule has 6 rings (SSSR count). The highest BCUT2D eigenvalue weighted by atomic mass is 79.9. The molecule has 1 saturated heterocycles. The lowest BCUT2D eigenvalue weighted by atomic mass is 9.82. The standard InChI is InChI=1S/C35H37BrFN3O5/c1-22(41)39-20-26-18-30(24-6-11-28(12-7-24)44-14-15-45-33-17-25(37)8-13-31(33)36)34(32(21-39)38-26)35(42)40(27-9-10-27)19-23-4-3-5-29(16-23)43-2/h3-8,11-13,16-17,26-27,32,38H,9-10,14-15,18-21H2,1-2H3. The minimum absolute atomic E-state index is 0.0117. The van der Waals surface area contributed by atoms with Gasteiger partial charge in [-0.3, -0.25) is 9.59 Å². The number of piperazine rings is 1. The minimum Gasteiger partial charge on any atom is -0.497 e. The van der Waals surface area contributed by atoms with Crippen LogP contribution < -0.4 is 19.5 Å². The maximum Gasteiger partial charge on any atom is 0.252 e. The van der Waals surface area contributed by atoms with Crippen LogP contribution in [0.2, 0.25) is 0 Å². The Morgan fingerprint density at radius 3 is 2.51 bits per heavy atom. The predicted octanol–water partition coefficient (Wildman–Crippen LogP) is 5.59. The number of nitrogens with one attached hydrogen (secondary N) is 1. The molecule has 2 heterocycles. The maximum absolute atomic E-state index is 14.5. The van der Waals surface area contributed by atoms with Crippen LogP contribution in [0.1, 0.15) is 37.3 Å². The van der Waals surface area contributed by atoms with Gasteiger partial charge in [0.15, 0.2) is 0 Å². The van der Waals surface area contributed by atoms with E-state index in [1.54, 1.807) is 20.1 Å². The van der Waals surface area contributed by atoms with E-state index < -0.39 is 0 Å². The summed E-state index contributed by atoms with van der Waals surface area (Å²) in [7, 11) is 1.64. The van der Waals surface area contributed by atoms with Crippen molar-refractivity contribution < 1.29 is 28.2 Å². The normalized spacial score (nSPS) is 19.2. The van der Waals surface area contributed by atoms with Crippen LogP contribution in [0.15, 0.2) is 76.8 Å². The topological polar surface area (TPSA) is 80.3 Å². The van der Waals surface area contributed by atoms with Gasteiger partial charge in [0.1, 0.15) is 36.3 Å². The first-order valence-corrected chi connectivity index (χ1v) is 16.1. The molecule has 2 bridgehead atoms. The summed E-state index contributed by atoms with van der Waals surface area (Å²) in [6.07, 6.45) is 2.59. The van der Waals surface area contributed by atoms with Crippen LogP contribution in [0.4, 0.5) is 4.39 Å². The summed E-state index contributed by atoms with van der Waals surface area (Å²) in [6, 6.07) is 19.9. The van der Waals surface area contributed by atoms with E-state index >= 15 is 0 Å². The first kappa shape index (κ1) is 31.1. The molecule has 2 atom stereocenters. The number of carbonyl (C=O) groups is 2. The Hall–Kier alpha value is -3.89. The van der Waals surface area contributed by atoms with Gasteiger partial charge in [0, 0.05) is 50.3 Å². The van der Waals surface area contributed by atoms with Crippen molar-refractivity contribution in [2.24, 2.45) is 0 Å². The molecule has 0 aromatic heterocycles. The maximum atomic E-state index is 14.5. The molecule has 236 valence electrons. The number of fused-ring (bicyclic) bond motifs is 2. The van der Waals surface area contributed by atoms with E-state index in [2.05, 4.69) is 21.2 Å². The van der Waals surface area contributed by atoms with Gasteiger partial charge in [-0.2, -0.15) is 0 Å². The molecule has 8 nitrogen and oxygen atoms in total. The summed E-state index contributed by atoms with van der Waals surface area (Å²) in [6.45, 7) is 3.68. The van der Waals surface area contributed by atoms with Crippen molar-refractivity contribution in [2.45, 2.75) is 50.9 Å². The third-order valence-electron chi connectivity index (χ3n) is 8.52. The third kappa shape index (κ3) is 7.34. The number of ether oxygens (including phenoxy) is 3. The largest absolute Gasteiger partial charge is 0.497 e.